The van der Waals surface area contributed by atoms with Gasteiger partial charge in [-0.2, -0.15) is 0 Å². The number of piperazine rings is 1. The van der Waals surface area contributed by atoms with Crippen LogP contribution in [-0.4, -0.2) is 112 Å². The maximum absolute atomic E-state index is 15.5. The van der Waals surface area contributed by atoms with Gasteiger partial charge < -0.3 is 19.6 Å². The molecule has 1 unspecified atom stereocenters. The molecule has 3 N–H and O–H groups in total. The zero-order valence-corrected chi connectivity index (χ0v) is 37.7. The average molecular weight is 937 g/mol. The molecule has 6 heterocycles. The highest BCUT2D eigenvalue weighted by atomic mass is 32.1. The predicted octanol–water partition coefficient (Wildman–Crippen LogP) is 6.31. The quantitative estimate of drug-likeness (QED) is 0.0914. The highest BCUT2D eigenvalue weighted by Gasteiger charge is 2.45. The van der Waals surface area contributed by atoms with Crippen LogP contribution in [0.15, 0.2) is 84.9 Å². The highest BCUT2D eigenvalue weighted by Crippen LogP contribution is 2.36. The molecule has 346 valence electrons. The second-order valence-corrected chi connectivity index (χ2v) is 18.2. The number of halogens is 1. The van der Waals surface area contributed by atoms with Crippen LogP contribution in [0.3, 0.4) is 0 Å². The average Bonchev–Trinajstić information content (AvgIpc) is 3.86. The zero-order valence-electron chi connectivity index (χ0n) is 36.9. The van der Waals surface area contributed by atoms with Gasteiger partial charge in [-0.25, -0.2) is 19.2 Å². The van der Waals surface area contributed by atoms with Crippen molar-refractivity contribution in [2.75, 3.05) is 61.0 Å². The number of fused-ring (bicyclic) bond motifs is 3. The molecule has 2 saturated heterocycles. The van der Waals surface area contributed by atoms with Crippen molar-refractivity contribution < 1.29 is 43.0 Å². The number of thiazole rings is 1. The highest BCUT2D eigenvalue weighted by molar-refractivity contribution is 7.22. The third-order valence-corrected chi connectivity index (χ3v) is 14.1. The van der Waals surface area contributed by atoms with Crippen LogP contribution in [0.2, 0.25) is 0 Å². The fraction of sp³-hybridized carbons (Fsp3) is 0.280. The predicted molar refractivity (Wildman–Crippen MR) is 252 cm³/mol. The second kappa shape index (κ2) is 18.3. The van der Waals surface area contributed by atoms with Crippen molar-refractivity contribution in [1.82, 2.24) is 25.1 Å². The van der Waals surface area contributed by atoms with E-state index in [2.05, 4.69) is 25.5 Å². The van der Waals surface area contributed by atoms with Crippen LogP contribution in [0.5, 0.6) is 5.75 Å². The van der Waals surface area contributed by atoms with Crippen LogP contribution in [0.25, 0.3) is 21.3 Å². The van der Waals surface area contributed by atoms with E-state index in [1.54, 1.807) is 12.1 Å². The van der Waals surface area contributed by atoms with Crippen molar-refractivity contribution in [3.63, 3.8) is 0 Å². The lowest BCUT2D eigenvalue weighted by Gasteiger charge is -2.36. The molecule has 16 nitrogen and oxygen atoms in total. The molecule has 5 amide bonds. The lowest BCUT2D eigenvalue weighted by Crippen LogP contribution is -2.54. The van der Waals surface area contributed by atoms with Crippen molar-refractivity contribution >= 4 is 73.7 Å². The molecule has 4 aliphatic rings. The number of aromatic carboxylic acids is 1. The van der Waals surface area contributed by atoms with Crippen molar-refractivity contribution in [3.8, 4) is 16.9 Å². The zero-order chi connectivity index (χ0) is 47.2. The topological polar surface area (TPSA) is 195 Å². The minimum Gasteiger partial charge on any atom is -0.493 e. The van der Waals surface area contributed by atoms with Gasteiger partial charge in [0.1, 0.15) is 23.4 Å². The standard InChI is InChI=1S/C50H45FN8O8S/c1-28-30(31-13-15-42(53-44(31)49(65)66)58-19-17-29-7-4-9-32(35(29)27-58)45(61)55-50-52-37-10-2-3-12-41(37)68-50)8-5-11-40(28)67-24-6-18-56-20-22-57(23-21-56)39-26-34-33(25-36(39)51)47(63)59(48(34)64)38-14-16-43(60)54-46(38)62/h2-5,7-13,15,25-26,38H,6,14,16-24,27H2,1H3,(H,65,66)(H,52,55,61)(H,54,60,62). The number of hydrogen-bond acceptors (Lipinski definition) is 13. The normalized spacial score (nSPS) is 17.3. The maximum Gasteiger partial charge on any atom is 0.355 e. The smallest absolute Gasteiger partial charge is 0.355 e. The van der Waals surface area contributed by atoms with Crippen LogP contribution < -0.4 is 25.2 Å². The van der Waals surface area contributed by atoms with E-state index in [-0.39, 0.29) is 41.3 Å². The van der Waals surface area contributed by atoms with E-state index in [9.17, 15) is 33.9 Å². The number of para-hydroxylation sites is 1. The summed E-state index contributed by atoms with van der Waals surface area (Å²) < 4.78 is 22.7. The molecule has 0 radical (unpaired) electrons. The fourth-order valence-electron chi connectivity index (χ4n) is 9.55. The number of nitrogens with one attached hydrogen (secondary N) is 2. The van der Waals surface area contributed by atoms with Gasteiger partial charge in [-0.1, -0.05) is 47.7 Å². The van der Waals surface area contributed by atoms with Crippen molar-refractivity contribution in [2.45, 2.75) is 45.2 Å². The summed E-state index contributed by atoms with van der Waals surface area (Å²) in [4.78, 5) is 93.2. The minimum absolute atomic E-state index is 0.00683. The van der Waals surface area contributed by atoms with E-state index in [0.29, 0.717) is 98.7 Å². The molecule has 0 spiro atoms. The molecule has 4 aromatic carbocycles. The van der Waals surface area contributed by atoms with Crippen LogP contribution in [0.4, 0.5) is 21.0 Å². The van der Waals surface area contributed by atoms with Gasteiger partial charge in [0.15, 0.2) is 10.8 Å². The van der Waals surface area contributed by atoms with Gasteiger partial charge in [0.25, 0.3) is 17.7 Å². The molecule has 10 rings (SSSR count). The third kappa shape index (κ3) is 8.40. The largest absolute Gasteiger partial charge is 0.493 e. The number of rotatable bonds is 12. The Balaban J connectivity index is 0.751. The molecule has 0 aliphatic carbocycles. The van der Waals surface area contributed by atoms with Crippen LogP contribution in [-0.2, 0) is 22.6 Å². The number of hydrogen-bond donors (Lipinski definition) is 3. The van der Waals surface area contributed by atoms with Crippen LogP contribution in [0, 0.1) is 12.7 Å². The number of amides is 5. The SMILES string of the molecule is Cc1c(OCCCN2CCN(c3cc4c(cc3F)C(=O)N(C3CCC(=O)NC3=O)C4=O)CC2)cccc1-c1ccc(N2CCc3cccc(C(=O)Nc4nc5ccccc5s4)c3C2)nc1C(=O)O. The van der Waals surface area contributed by atoms with Gasteiger partial charge in [-0.3, -0.25) is 44.4 Å². The molecule has 6 aromatic rings. The number of carbonyl (C=O) groups excluding carboxylic acids is 5. The summed E-state index contributed by atoms with van der Waals surface area (Å²) in [5, 5.41) is 16.1. The number of carboxylic acids is 1. The number of pyridine rings is 1. The molecular formula is C50H45FN8O8S. The van der Waals surface area contributed by atoms with Crippen LogP contribution >= 0.6 is 11.3 Å². The summed E-state index contributed by atoms with van der Waals surface area (Å²) in [6.07, 6.45) is 1.34. The van der Waals surface area contributed by atoms with Gasteiger partial charge in [0, 0.05) is 63.4 Å². The Morgan fingerprint density at radius 3 is 2.41 bits per heavy atom. The summed E-state index contributed by atoms with van der Waals surface area (Å²) in [6, 6.07) is 23.8. The van der Waals surface area contributed by atoms with Gasteiger partial charge in [0.2, 0.25) is 11.8 Å². The molecule has 68 heavy (non-hydrogen) atoms. The number of imide groups is 2. The number of benzene rings is 4. The number of ether oxygens (including phenoxy) is 1. The Bertz CT molecular complexity index is 3050. The lowest BCUT2D eigenvalue weighted by atomic mass is 9.94. The van der Waals surface area contributed by atoms with E-state index in [1.165, 1.54) is 17.4 Å². The van der Waals surface area contributed by atoms with E-state index in [1.807, 2.05) is 77.4 Å². The molecule has 1 atom stereocenters. The summed E-state index contributed by atoms with van der Waals surface area (Å²) in [6.45, 7) is 6.14. The summed E-state index contributed by atoms with van der Waals surface area (Å²) >= 11 is 1.41. The third-order valence-electron chi connectivity index (χ3n) is 13.1. The number of aromatic nitrogens is 2. The maximum atomic E-state index is 15.5. The first-order valence-corrected chi connectivity index (χ1v) is 23.3. The lowest BCUT2D eigenvalue weighted by molar-refractivity contribution is -0.136. The van der Waals surface area contributed by atoms with Gasteiger partial charge in [0.05, 0.1) is 33.6 Å². The first-order valence-electron chi connectivity index (χ1n) is 22.4. The van der Waals surface area contributed by atoms with E-state index < -0.39 is 41.5 Å². The number of anilines is 3. The Morgan fingerprint density at radius 1 is 0.853 bits per heavy atom. The van der Waals surface area contributed by atoms with Gasteiger partial charge >= 0.3 is 5.97 Å². The second-order valence-electron chi connectivity index (χ2n) is 17.2. The van der Waals surface area contributed by atoms with Crippen molar-refractivity contribution in [3.05, 3.63) is 130 Å². The Kier molecular flexibility index (Phi) is 11.9. The van der Waals surface area contributed by atoms with E-state index in [4.69, 9.17) is 4.74 Å². The first kappa shape index (κ1) is 44.3. The molecule has 18 heteroatoms. The number of carboxylic acid groups (broad SMARTS) is 1. The van der Waals surface area contributed by atoms with Crippen molar-refractivity contribution in [1.29, 1.82) is 0 Å². The number of piperidine rings is 1. The monoisotopic (exact) mass is 936 g/mol. The number of nitrogens with zero attached hydrogens (tertiary/aromatic N) is 6. The summed E-state index contributed by atoms with van der Waals surface area (Å²) in [5.41, 5.74) is 5.21. The Hall–Kier alpha value is -7.57. The van der Waals surface area contributed by atoms with Crippen molar-refractivity contribution in [2.24, 2.45) is 0 Å². The Labute approximate surface area is 393 Å². The number of carbonyl (C=O) groups is 6. The van der Waals surface area contributed by atoms with Crippen LogP contribution in [0.1, 0.15) is 77.5 Å². The minimum atomic E-state index is -1.17. The van der Waals surface area contributed by atoms with Gasteiger partial charge in [-0.05, 0) is 97.0 Å². The summed E-state index contributed by atoms with van der Waals surface area (Å²) in [7, 11) is 0. The molecule has 0 bridgehead atoms. The van der Waals surface area contributed by atoms with Gasteiger partial charge in [-0.15, -0.1) is 0 Å². The fourth-order valence-corrected chi connectivity index (χ4v) is 10.4. The first-order chi connectivity index (χ1) is 32.9. The molecule has 2 aromatic heterocycles. The van der Waals surface area contributed by atoms with E-state index in [0.717, 1.165) is 37.9 Å². The Morgan fingerprint density at radius 2 is 1.63 bits per heavy atom. The van der Waals surface area contributed by atoms with E-state index >= 15 is 4.39 Å². The molecular weight excluding hydrogens is 892 g/mol. The molecule has 4 aliphatic heterocycles. The molecule has 0 saturated carbocycles. The molecule has 2 fully saturated rings. The summed E-state index contributed by atoms with van der Waals surface area (Å²) in [5.74, 6) is -3.58.